The lowest BCUT2D eigenvalue weighted by Crippen LogP contribution is -2.46. The molecule has 0 bridgehead atoms. The Morgan fingerprint density at radius 3 is 2.76 bits per heavy atom. The van der Waals surface area contributed by atoms with Crippen LogP contribution in [0.2, 0.25) is 0 Å². The third kappa shape index (κ3) is 1.85. The summed E-state index contributed by atoms with van der Waals surface area (Å²) in [5.41, 5.74) is -0.735. The highest BCUT2D eigenvalue weighted by molar-refractivity contribution is 5.23. The van der Waals surface area contributed by atoms with Crippen LogP contribution in [-0.2, 0) is 16.0 Å². The Morgan fingerprint density at radius 1 is 1.65 bits per heavy atom. The Kier molecular flexibility index (Phi) is 2.76. The van der Waals surface area contributed by atoms with Crippen molar-refractivity contribution in [3.05, 3.63) is 16.3 Å². The van der Waals surface area contributed by atoms with Crippen molar-refractivity contribution in [2.45, 2.75) is 25.4 Å². The van der Waals surface area contributed by atoms with E-state index in [4.69, 9.17) is 14.2 Å². The molecule has 8 nitrogen and oxygen atoms in total. The molecule has 0 spiro atoms. The number of aromatic nitrogens is 2. The Hall–Kier alpha value is -1.67. The molecule has 0 amide bonds. The molecule has 0 aromatic carbocycles. The molecule has 1 aliphatic rings. The minimum atomic E-state index is -0.735. The van der Waals surface area contributed by atoms with Gasteiger partial charge in [-0.3, -0.25) is 4.57 Å². The molecule has 0 fully saturated rings. The van der Waals surface area contributed by atoms with Crippen molar-refractivity contribution in [3.63, 3.8) is 0 Å². The van der Waals surface area contributed by atoms with Gasteiger partial charge in [0.1, 0.15) is 6.20 Å². The molecule has 0 saturated carbocycles. The summed E-state index contributed by atoms with van der Waals surface area (Å²) < 4.78 is 17.4. The van der Waals surface area contributed by atoms with E-state index in [9.17, 15) is 10.1 Å². The van der Waals surface area contributed by atoms with E-state index in [1.165, 1.54) is 20.4 Å². The smallest absolute Gasteiger partial charge is 0.415 e. The summed E-state index contributed by atoms with van der Waals surface area (Å²) in [6.45, 7) is 2.18. The average Bonchev–Trinajstić information content (AvgIpc) is 2.74. The number of rotatable bonds is 4. The first-order chi connectivity index (χ1) is 8.00. The van der Waals surface area contributed by atoms with Crippen LogP contribution in [0.15, 0.2) is 6.20 Å². The van der Waals surface area contributed by atoms with Gasteiger partial charge >= 0.3 is 11.8 Å². The zero-order chi connectivity index (χ0) is 12.6. The molecule has 94 valence electrons. The van der Waals surface area contributed by atoms with Crippen LogP contribution in [0.5, 0.6) is 6.01 Å². The molecule has 1 aliphatic heterocycles. The summed E-state index contributed by atoms with van der Waals surface area (Å²) in [4.78, 5) is 13.7. The van der Waals surface area contributed by atoms with E-state index in [0.717, 1.165) is 0 Å². The van der Waals surface area contributed by atoms with Gasteiger partial charge < -0.3 is 24.3 Å². The quantitative estimate of drug-likeness (QED) is 0.436. The third-order valence-electron chi connectivity index (χ3n) is 2.65. The summed E-state index contributed by atoms with van der Waals surface area (Å²) in [6, 6.07) is 0.207. The molecule has 2 rings (SSSR count). The fourth-order valence-electron chi connectivity index (χ4n) is 1.96. The van der Waals surface area contributed by atoms with Gasteiger partial charge in [0.15, 0.2) is 11.9 Å². The molecular formula is C9H13N3O5. The highest BCUT2D eigenvalue weighted by Crippen LogP contribution is 2.33. The maximum atomic E-state index is 10.5. The lowest BCUT2D eigenvalue weighted by Gasteiger charge is -2.29. The second-order valence-corrected chi connectivity index (χ2v) is 3.98. The first-order valence-corrected chi connectivity index (χ1v) is 4.96. The molecular weight excluding hydrogens is 230 g/mol. The number of hydrogen-bond acceptors (Lipinski definition) is 6. The van der Waals surface area contributed by atoms with E-state index in [1.54, 1.807) is 11.5 Å². The molecule has 17 heavy (non-hydrogen) atoms. The molecule has 0 aliphatic carbocycles. The highest BCUT2D eigenvalue weighted by atomic mass is 16.7. The topological polar surface area (TPSA) is 88.7 Å². The average molecular weight is 243 g/mol. The number of methoxy groups -OCH3 is 2. The van der Waals surface area contributed by atoms with Gasteiger partial charge in [-0.25, -0.2) is 0 Å². The SMILES string of the molecule is COC(OC)C1(C)Cn2cc([N+](=O)[O-])nc2O1. The van der Waals surface area contributed by atoms with Gasteiger partial charge in [-0.15, -0.1) is 0 Å². The molecule has 0 N–H and O–H groups in total. The van der Waals surface area contributed by atoms with Crippen LogP contribution in [0, 0.1) is 10.1 Å². The van der Waals surface area contributed by atoms with Gasteiger partial charge in [0.2, 0.25) is 0 Å². The summed E-state index contributed by atoms with van der Waals surface area (Å²) in [5, 5.41) is 10.5. The molecule has 1 aromatic rings. The predicted molar refractivity (Wildman–Crippen MR) is 55.7 cm³/mol. The van der Waals surface area contributed by atoms with Gasteiger partial charge in [-0.2, -0.15) is 0 Å². The van der Waals surface area contributed by atoms with Gasteiger partial charge in [-0.05, 0) is 11.8 Å². The molecule has 0 radical (unpaired) electrons. The number of nitrogens with zero attached hydrogens (tertiary/aromatic N) is 3. The normalized spacial score (nSPS) is 22.6. The van der Waals surface area contributed by atoms with E-state index in [2.05, 4.69) is 4.98 Å². The second kappa shape index (κ2) is 3.97. The van der Waals surface area contributed by atoms with Gasteiger partial charge in [0.05, 0.1) is 6.54 Å². The summed E-state index contributed by atoms with van der Waals surface area (Å²) in [7, 11) is 3.01. The molecule has 2 heterocycles. The van der Waals surface area contributed by atoms with Crippen molar-refractivity contribution in [3.8, 4) is 6.01 Å². The lowest BCUT2D eigenvalue weighted by atomic mass is 10.1. The fraction of sp³-hybridized carbons (Fsp3) is 0.667. The summed E-state index contributed by atoms with van der Waals surface area (Å²) >= 11 is 0. The fourth-order valence-corrected chi connectivity index (χ4v) is 1.96. The van der Waals surface area contributed by atoms with Crippen LogP contribution in [0.3, 0.4) is 0 Å². The maximum Gasteiger partial charge on any atom is 0.415 e. The number of hydrogen-bond donors (Lipinski definition) is 0. The van der Waals surface area contributed by atoms with Crippen molar-refractivity contribution in [1.29, 1.82) is 0 Å². The minimum Gasteiger partial charge on any atom is -0.432 e. The summed E-state index contributed by atoms with van der Waals surface area (Å²) in [5.74, 6) is -0.228. The van der Waals surface area contributed by atoms with E-state index in [0.29, 0.717) is 6.54 Å². The van der Waals surface area contributed by atoms with Crippen LogP contribution < -0.4 is 4.74 Å². The molecule has 1 atom stereocenters. The number of ether oxygens (including phenoxy) is 3. The van der Waals surface area contributed by atoms with Crippen LogP contribution >= 0.6 is 0 Å². The monoisotopic (exact) mass is 243 g/mol. The molecule has 1 aromatic heterocycles. The first kappa shape index (κ1) is 11.8. The standard InChI is InChI=1S/C9H13N3O5/c1-9(7(15-2)16-3)5-11-4-6(12(13)14)10-8(11)17-9/h4,7H,5H2,1-3H3. The van der Waals surface area contributed by atoms with Crippen LogP contribution in [0.1, 0.15) is 6.92 Å². The second-order valence-electron chi connectivity index (χ2n) is 3.98. The van der Waals surface area contributed by atoms with Crippen molar-refractivity contribution in [2.24, 2.45) is 0 Å². The van der Waals surface area contributed by atoms with Crippen LogP contribution in [0.4, 0.5) is 5.82 Å². The van der Waals surface area contributed by atoms with Gasteiger partial charge in [-0.1, -0.05) is 0 Å². The van der Waals surface area contributed by atoms with E-state index in [-0.39, 0.29) is 11.8 Å². The van der Waals surface area contributed by atoms with Crippen LogP contribution in [0.25, 0.3) is 0 Å². The number of fused-ring (bicyclic) bond motifs is 1. The Bertz CT molecular complexity index is 416. The highest BCUT2D eigenvalue weighted by Gasteiger charge is 2.46. The van der Waals surface area contributed by atoms with Crippen molar-refractivity contribution in [2.75, 3.05) is 14.2 Å². The first-order valence-electron chi connectivity index (χ1n) is 4.96. The Balaban J connectivity index is 2.21. The van der Waals surface area contributed by atoms with E-state index >= 15 is 0 Å². The van der Waals surface area contributed by atoms with Crippen molar-refractivity contribution < 1.29 is 19.1 Å². The van der Waals surface area contributed by atoms with Crippen LogP contribution in [-0.4, -0.2) is 40.6 Å². The van der Waals surface area contributed by atoms with Crippen molar-refractivity contribution >= 4 is 5.82 Å². The number of imidazole rings is 1. The largest absolute Gasteiger partial charge is 0.432 e. The number of nitro groups is 1. The lowest BCUT2D eigenvalue weighted by molar-refractivity contribution is -0.389. The minimum absolute atomic E-state index is 0.207. The Labute approximate surface area is 97.2 Å². The zero-order valence-corrected chi connectivity index (χ0v) is 9.74. The van der Waals surface area contributed by atoms with Gasteiger partial charge in [0, 0.05) is 19.2 Å². The molecule has 0 saturated heterocycles. The molecule has 8 heteroatoms. The third-order valence-corrected chi connectivity index (χ3v) is 2.65. The van der Waals surface area contributed by atoms with E-state index < -0.39 is 16.8 Å². The summed E-state index contributed by atoms with van der Waals surface area (Å²) in [6.07, 6.45) is 0.770. The predicted octanol–water partition coefficient (Wildman–Crippen LogP) is 0.561. The zero-order valence-electron chi connectivity index (χ0n) is 9.74. The maximum absolute atomic E-state index is 10.5. The van der Waals surface area contributed by atoms with Crippen molar-refractivity contribution in [1.82, 2.24) is 9.55 Å². The molecule has 1 unspecified atom stereocenters. The van der Waals surface area contributed by atoms with Gasteiger partial charge in [0.25, 0.3) is 0 Å². The van der Waals surface area contributed by atoms with E-state index in [1.807, 2.05) is 0 Å². The Morgan fingerprint density at radius 2 is 2.29 bits per heavy atom.